The number of aryl methyl sites for hydroxylation is 4. The van der Waals surface area contributed by atoms with Gasteiger partial charge in [0.15, 0.2) is 0 Å². The molecule has 84 heavy (non-hydrogen) atoms. The number of fused-ring (bicyclic) bond motifs is 9. The fourth-order valence-corrected chi connectivity index (χ4v) is 12.6. The molecule has 0 bridgehead atoms. The first-order valence-corrected chi connectivity index (χ1v) is 30.1. The molecule has 3 unspecified atom stereocenters. The highest BCUT2D eigenvalue weighted by molar-refractivity contribution is 6.05. The summed E-state index contributed by atoms with van der Waals surface area (Å²) in [6, 6.07) is 86.1. The van der Waals surface area contributed by atoms with Gasteiger partial charge in [0.25, 0.3) is 0 Å². The van der Waals surface area contributed by atoms with Crippen molar-refractivity contribution in [1.29, 1.82) is 0 Å². The van der Waals surface area contributed by atoms with E-state index in [4.69, 9.17) is 0 Å². The molecule has 0 fully saturated rings. The predicted molar refractivity (Wildman–Crippen MR) is 363 cm³/mol. The summed E-state index contributed by atoms with van der Waals surface area (Å²) in [5, 5.41) is 6.38. The molecule has 0 aromatic heterocycles. The summed E-state index contributed by atoms with van der Waals surface area (Å²) in [4.78, 5) is 2.31. The van der Waals surface area contributed by atoms with Crippen LogP contribution in [0.1, 0.15) is 104 Å². The number of benzene rings is 10. The summed E-state index contributed by atoms with van der Waals surface area (Å²) in [6.45, 7) is 22.7. The van der Waals surface area contributed by atoms with Crippen molar-refractivity contribution in [3.63, 3.8) is 0 Å². The van der Waals surface area contributed by atoms with Crippen molar-refractivity contribution in [2.24, 2.45) is 5.92 Å². The van der Waals surface area contributed by atoms with E-state index >= 15 is 0 Å². The molecule has 10 aromatic carbocycles. The Hall–Kier alpha value is -8.98. The summed E-state index contributed by atoms with van der Waals surface area (Å²) in [5.74, 6) is 1.01. The van der Waals surface area contributed by atoms with E-state index in [-0.39, 0.29) is 10.8 Å². The smallest absolute Gasteiger partial charge is 0.0551 e. The number of anilines is 3. The first-order chi connectivity index (χ1) is 40.7. The number of hydrogen-bond acceptors (Lipinski definition) is 2. The van der Waals surface area contributed by atoms with E-state index in [9.17, 15) is 0 Å². The molecule has 4 aliphatic rings. The number of rotatable bonds is 6. The van der Waals surface area contributed by atoms with Crippen molar-refractivity contribution in [1.82, 2.24) is 0 Å². The van der Waals surface area contributed by atoms with Crippen LogP contribution in [0, 0.1) is 33.6 Å². The molecular weight excluding hydrogens is 1010 g/mol. The lowest BCUT2D eigenvalue weighted by Crippen LogP contribution is -2.26. The molecule has 0 radical (unpaired) electrons. The Morgan fingerprint density at radius 2 is 0.929 bits per heavy atom. The Kier molecular flexibility index (Phi) is 18.1. The SMILES string of the molecule is CC1=CC(c2ccccc2)C(Nc2ccccc2)C=C1.CC1C=CC(N(c2ccccc2)c2ccccc2)=CC1.Cc1ccc2c(c1)C(C)(C)c1c-2ccc2c1C(C)(C)c1cc(C)c3ccccc3c1-2.Cc1ccccc1.Cc1ccccc1. The third-order valence-electron chi connectivity index (χ3n) is 16.9. The molecule has 0 spiro atoms. The van der Waals surface area contributed by atoms with Crippen molar-refractivity contribution < 1.29 is 0 Å². The maximum atomic E-state index is 3.62. The second kappa shape index (κ2) is 26.1. The van der Waals surface area contributed by atoms with Crippen molar-refractivity contribution >= 4 is 27.8 Å². The molecule has 2 heteroatoms. The predicted octanol–water partition coefficient (Wildman–Crippen LogP) is 22.1. The lowest BCUT2D eigenvalue weighted by Gasteiger charge is -2.31. The number of nitrogens with zero attached hydrogens (tertiary/aromatic N) is 1. The van der Waals surface area contributed by atoms with Crippen LogP contribution < -0.4 is 10.2 Å². The van der Waals surface area contributed by atoms with Gasteiger partial charge in [0.2, 0.25) is 0 Å². The normalized spacial score (nSPS) is 16.8. The Bertz CT molecular complexity index is 3870. The Morgan fingerprint density at radius 1 is 0.440 bits per heavy atom. The molecule has 10 aromatic rings. The van der Waals surface area contributed by atoms with Crippen LogP contribution in [0.3, 0.4) is 0 Å². The Balaban J connectivity index is 0.000000128. The van der Waals surface area contributed by atoms with Gasteiger partial charge in [0.1, 0.15) is 0 Å². The van der Waals surface area contributed by atoms with Crippen molar-refractivity contribution in [3.05, 3.63) is 340 Å². The highest BCUT2D eigenvalue weighted by Gasteiger charge is 2.46. The molecule has 14 rings (SSSR count). The van der Waals surface area contributed by atoms with Crippen LogP contribution in [0.25, 0.3) is 33.0 Å². The van der Waals surface area contributed by atoms with E-state index < -0.39 is 0 Å². The van der Waals surface area contributed by atoms with Crippen LogP contribution in [0.4, 0.5) is 17.1 Å². The van der Waals surface area contributed by atoms with Crippen LogP contribution in [-0.2, 0) is 10.8 Å². The largest absolute Gasteiger partial charge is 0.378 e. The van der Waals surface area contributed by atoms with Gasteiger partial charge in [0.05, 0.1) is 6.04 Å². The lowest BCUT2D eigenvalue weighted by molar-refractivity contribution is 0.601. The van der Waals surface area contributed by atoms with E-state index in [2.05, 4.69) is 316 Å². The topological polar surface area (TPSA) is 15.3 Å². The fraction of sp³-hybridized carbons (Fsp3) is 0.195. The zero-order chi connectivity index (χ0) is 58.8. The first-order valence-electron chi connectivity index (χ1n) is 30.1. The third-order valence-corrected chi connectivity index (χ3v) is 16.9. The average Bonchev–Trinajstić information content (AvgIpc) is 1.65. The van der Waals surface area contributed by atoms with Gasteiger partial charge in [-0.1, -0.05) is 294 Å². The maximum Gasteiger partial charge on any atom is 0.0551 e. The summed E-state index contributed by atoms with van der Waals surface area (Å²) in [6.07, 6.45) is 14.7. The number of para-hydroxylation sites is 3. The van der Waals surface area contributed by atoms with Gasteiger partial charge in [-0.05, 0) is 156 Å². The second-order valence-electron chi connectivity index (χ2n) is 24.1. The van der Waals surface area contributed by atoms with Crippen LogP contribution in [0.15, 0.2) is 290 Å². The Morgan fingerprint density at radius 3 is 1.48 bits per heavy atom. The van der Waals surface area contributed by atoms with Gasteiger partial charge < -0.3 is 10.2 Å². The van der Waals surface area contributed by atoms with Crippen molar-refractivity contribution in [2.75, 3.05) is 10.2 Å². The zero-order valence-electron chi connectivity index (χ0n) is 50.9. The maximum absolute atomic E-state index is 3.62. The molecule has 0 saturated heterocycles. The van der Waals surface area contributed by atoms with E-state index in [0.717, 1.165) is 12.1 Å². The van der Waals surface area contributed by atoms with Crippen molar-refractivity contribution in [3.8, 4) is 22.3 Å². The van der Waals surface area contributed by atoms with Crippen LogP contribution in [0.5, 0.6) is 0 Å². The number of nitrogens with one attached hydrogen (secondary N) is 1. The van der Waals surface area contributed by atoms with Gasteiger partial charge in [-0.3, -0.25) is 0 Å². The van der Waals surface area contributed by atoms with Gasteiger partial charge in [-0.2, -0.15) is 0 Å². The lowest BCUT2D eigenvalue weighted by atomic mass is 9.72. The summed E-state index contributed by atoms with van der Waals surface area (Å²) >= 11 is 0. The molecule has 0 aliphatic heterocycles. The quantitative estimate of drug-likeness (QED) is 0.179. The van der Waals surface area contributed by atoms with Crippen LogP contribution >= 0.6 is 0 Å². The van der Waals surface area contributed by atoms with E-state index in [1.165, 1.54) is 106 Å². The van der Waals surface area contributed by atoms with Crippen molar-refractivity contribution in [2.45, 2.75) is 98.4 Å². The van der Waals surface area contributed by atoms with Gasteiger partial charge >= 0.3 is 0 Å². The fourth-order valence-electron chi connectivity index (χ4n) is 12.6. The molecule has 0 saturated carbocycles. The highest BCUT2D eigenvalue weighted by atomic mass is 15.1. The molecule has 420 valence electrons. The number of allylic oxidation sites excluding steroid dienone is 5. The highest BCUT2D eigenvalue weighted by Crippen LogP contribution is 2.60. The average molecular weight is 1100 g/mol. The first kappa shape index (κ1) is 58.2. The minimum absolute atomic E-state index is 0.00614. The summed E-state index contributed by atoms with van der Waals surface area (Å²) in [5.41, 5.74) is 24.6. The molecule has 4 aliphatic carbocycles. The molecule has 0 heterocycles. The number of hydrogen-bond donors (Lipinski definition) is 1. The van der Waals surface area contributed by atoms with E-state index in [1.54, 1.807) is 0 Å². The summed E-state index contributed by atoms with van der Waals surface area (Å²) in [7, 11) is 0. The minimum atomic E-state index is -0.0147. The van der Waals surface area contributed by atoms with Crippen LogP contribution in [-0.4, -0.2) is 6.04 Å². The van der Waals surface area contributed by atoms with Gasteiger partial charge in [-0.25, -0.2) is 0 Å². The van der Waals surface area contributed by atoms with Gasteiger partial charge in [-0.15, -0.1) is 0 Å². The Labute approximate surface area is 502 Å². The molecular formula is C82H82N2. The van der Waals surface area contributed by atoms with E-state index in [0.29, 0.717) is 17.9 Å². The van der Waals surface area contributed by atoms with Crippen LogP contribution in [0.2, 0.25) is 0 Å². The second-order valence-corrected chi connectivity index (χ2v) is 24.1. The molecule has 1 N–H and O–H groups in total. The van der Waals surface area contributed by atoms with Gasteiger partial charge in [0, 0.05) is 39.5 Å². The standard InChI is InChI=1S/C30H28.2C19H19N.2C7H8/c1-17-11-12-20-22-13-14-23-26-21-10-8-7-9-19(21)18(2)16-25(26)30(5,6)28(23)27(22)29(3,4)24(20)15-17;1-16-12-14-19(15-13-16)20(17-8-4-2-5-9-17)18-10-6-3-7-11-18;1-15-12-13-19(20-17-10-6-3-7-11-17)18(14-15)16-8-4-2-5-9-16;2*1-7-5-3-2-4-6-7/h7-16H,1-6H3;2-12,14-16H,13H2,1H3;2-14,18-20H,1H3;2*2-6H,1H3. The monoisotopic (exact) mass is 1090 g/mol. The molecule has 3 atom stereocenters. The minimum Gasteiger partial charge on any atom is -0.378 e. The summed E-state index contributed by atoms with van der Waals surface area (Å²) < 4.78 is 0. The zero-order valence-corrected chi connectivity index (χ0v) is 50.9. The molecule has 2 nitrogen and oxygen atoms in total. The van der Waals surface area contributed by atoms with E-state index in [1.807, 2.05) is 42.5 Å². The molecule has 0 amide bonds. The third kappa shape index (κ3) is 12.9.